The Morgan fingerprint density at radius 2 is 2.17 bits per heavy atom. The summed E-state index contributed by atoms with van der Waals surface area (Å²) in [5.74, 6) is 7.00. The Morgan fingerprint density at radius 3 is 2.92 bits per heavy atom. The number of hydrogen-bond donors (Lipinski definition) is 1. The van der Waals surface area contributed by atoms with Crippen molar-refractivity contribution in [3.63, 3.8) is 0 Å². The molecule has 1 amide bonds. The Kier molecular flexibility index (Phi) is 5.30. The van der Waals surface area contributed by atoms with Crippen LogP contribution in [0, 0.1) is 0 Å². The summed E-state index contributed by atoms with van der Waals surface area (Å²) in [5, 5.41) is 9.27. The number of likely N-dealkylation sites (tertiary alicyclic amines) is 1. The van der Waals surface area contributed by atoms with Gasteiger partial charge in [0.05, 0.1) is 10.8 Å². The van der Waals surface area contributed by atoms with Crippen LogP contribution in [0.5, 0.6) is 0 Å². The number of hydrogen-bond acceptors (Lipinski definition) is 5. The molecule has 24 heavy (non-hydrogen) atoms. The van der Waals surface area contributed by atoms with E-state index < -0.39 is 0 Å². The zero-order valence-electron chi connectivity index (χ0n) is 13.5. The first kappa shape index (κ1) is 17.1. The zero-order valence-corrected chi connectivity index (χ0v) is 15.1. The number of rotatable bonds is 4. The number of nitrogens with zero attached hydrogens (tertiary/aromatic N) is 4. The van der Waals surface area contributed by atoms with Crippen molar-refractivity contribution >= 4 is 29.3 Å². The fourth-order valence-corrected chi connectivity index (χ4v) is 3.84. The molecule has 128 valence electrons. The molecule has 0 spiro atoms. The van der Waals surface area contributed by atoms with Gasteiger partial charge in [0, 0.05) is 18.2 Å². The van der Waals surface area contributed by atoms with E-state index in [2.05, 4.69) is 17.1 Å². The highest BCUT2D eigenvalue weighted by molar-refractivity contribution is 7.99. The van der Waals surface area contributed by atoms with Crippen molar-refractivity contribution in [3.8, 4) is 11.4 Å². The minimum atomic E-state index is 0.120. The maximum atomic E-state index is 12.4. The van der Waals surface area contributed by atoms with Gasteiger partial charge >= 0.3 is 0 Å². The number of piperidine rings is 1. The Bertz CT molecular complexity index is 735. The molecule has 2 aromatic rings. The summed E-state index contributed by atoms with van der Waals surface area (Å²) in [4.78, 5) is 14.4. The molecule has 1 aromatic carbocycles. The molecule has 2 heterocycles. The maximum absolute atomic E-state index is 12.4. The van der Waals surface area contributed by atoms with E-state index in [0.29, 0.717) is 27.8 Å². The van der Waals surface area contributed by atoms with Gasteiger partial charge in [-0.3, -0.25) is 4.79 Å². The summed E-state index contributed by atoms with van der Waals surface area (Å²) in [6.45, 7) is 2.93. The lowest BCUT2D eigenvalue weighted by Gasteiger charge is -2.33. The lowest BCUT2D eigenvalue weighted by atomic mass is 10.0. The largest absolute Gasteiger partial charge is 0.339 e. The highest BCUT2D eigenvalue weighted by Crippen LogP contribution is 2.28. The molecule has 1 fully saturated rings. The Hall–Kier alpha value is -1.73. The number of carbonyl (C=O) groups is 1. The first-order valence-corrected chi connectivity index (χ1v) is 9.32. The summed E-state index contributed by atoms with van der Waals surface area (Å²) in [5.41, 5.74) is 0.719. The van der Waals surface area contributed by atoms with E-state index in [0.717, 1.165) is 24.9 Å². The second-order valence-corrected chi connectivity index (χ2v) is 7.23. The van der Waals surface area contributed by atoms with Gasteiger partial charge in [-0.15, -0.1) is 10.2 Å². The van der Waals surface area contributed by atoms with Gasteiger partial charge in [-0.1, -0.05) is 35.5 Å². The SMILES string of the molecule is C[C@@H]1CCCCN1C(=O)CSc1nnc(-c2ccccc2Cl)n1N. The number of nitrogen functional groups attached to an aromatic ring is 1. The number of halogens is 1. The van der Waals surface area contributed by atoms with Crippen LogP contribution in [0.25, 0.3) is 11.4 Å². The van der Waals surface area contributed by atoms with Crippen molar-refractivity contribution in [2.45, 2.75) is 37.4 Å². The number of carbonyl (C=O) groups excluding carboxylic acids is 1. The summed E-state index contributed by atoms with van der Waals surface area (Å²) >= 11 is 7.48. The lowest BCUT2D eigenvalue weighted by Crippen LogP contribution is -2.43. The topological polar surface area (TPSA) is 77.0 Å². The van der Waals surface area contributed by atoms with Gasteiger partial charge in [-0.2, -0.15) is 0 Å². The molecule has 0 bridgehead atoms. The number of nitrogens with two attached hydrogens (primary N) is 1. The maximum Gasteiger partial charge on any atom is 0.233 e. The average molecular weight is 366 g/mol. The molecule has 0 saturated carbocycles. The third kappa shape index (κ3) is 3.52. The summed E-state index contributed by atoms with van der Waals surface area (Å²) in [7, 11) is 0. The van der Waals surface area contributed by atoms with Crippen LogP contribution in [-0.4, -0.2) is 44.0 Å². The van der Waals surface area contributed by atoms with Crippen molar-refractivity contribution in [1.29, 1.82) is 0 Å². The van der Waals surface area contributed by atoms with Gasteiger partial charge in [-0.05, 0) is 38.3 Å². The predicted molar refractivity (Wildman–Crippen MR) is 96.4 cm³/mol. The van der Waals surface area contributed by atoms with E-state index >= 15 is 0 Å². The lowest BCUT2D eigenvalue weighted by molar-refractivity contribution is -0.131. The van der Waals surface area contributed by atoms with E-state index in [4.69, 9.17) is 17.4 Å². The average Bonchev–Trinajstić information content (AvgIpc) is 2.94. The van der Waals surface area contributed by atoms with Gasteiger partial charge in [0.15, 0.2) is 5.82 Å². The minimum absolute atomic E-state index is 0.120. The van der Waals surface area contributed by atoms with Gasteiger partial charge < -0.3 is 10.7 Å². The predicted octanol–water partition coefficient (Wildman–Crippen LogP) is 2.81. The Morgan fingerprint density at radius 1 is 1.38 bits per heavy atom. The normalized spacial score (nSPS) is 17.9. The molecule has 0 unspecified atom stereocenters. The molecule has 1 saturated heterocycles. The van der Waals surface area contributed by atoms with Crippen LogP contribution in [0.1, 0.15) is 26.2 Å². The molecular formula is C16H20ClN5OS. The van der Waals surface area contributed by atoms with Crippen LogP contribution < -0.4 is 5.84 Å². The number of aromatic nitrogens is 3. The summed E-state index contributed by atoms with van der Waals surface area (Å²) in [6, 6.07) is 7.63. The van der Waals surface area contributed by atoms with Crippen molar-refractivity contribution in [3.05, 3.63) is 29.3 Å². The first-order valence-electron chi connectivity index (χ1n) is 7.95. The molecule has 1 aliphatic heterocycles. The van der Waals surface area contributed by atoms with Crippen LogP contribution >= 0.6 is 23.4 Å². The zero-order chi connectivity index (χ0) is 17.1. The molecule has 8 heteroatoms. The van der Waals surface area contributed by atoms with Crippen LogP contribution in [0.15, 0.2) is 29.4 Å². The van der Waals surface area contributed by atoms with Crippen LogP contribution in [0.2, 0.25) is 5.02 Å². The van der Waals surface area contributed by atoms with Crippen LogP contribution in [0.4, 0.5) is 0 Å². The van der Waals surface area contributed by atoms with Gasteiger partial charge in [0.25, 0.3) is 0 Å². The number of thioether (sulfide) groups is 1. The van der Waals surface area contributed by atoms with E-state index in [1.165, 1.54) is 22.9 Å². The standard InChI is InChI=1S/C16H20ClN5OS/c1-11-6-4-5-9-21(11)14(23)10-24-16-20-19-15(22(16)18)12-7-2-3-8-13(12)17/h2-3,7-8,11H,4-6,9-10,18H2,1H3/t11-/m1/s1. The van der Waals surface area contributed by atoms with Crippen LogP contribution in [0.3, 0.4) is 0 Å². The van der Waals surface area contributed by atoms with E-state index in [9.17, 15) is 4.79 Å². The third-order valence-electron chi connectivity index (χ3n) is 4.23. The van der Waals surface area contributed by atoms with Crippen molar-refractivity contribution in [1.82, 2.24) is 19.8 Å². The fourth-order valence-electron chi connectivity index (χ4n) is 2.88. The van der Waals surface area contributed by atoms with E-state index in [1.54, 1.807) is 6.07 Å². The van der Waals surface area contributed by atoms with Gasteiger partial charge in [0.2, 0.25) is 11.1 Å². The molecule has 3 rings (SSSR count). The van der Waals surface area contributed by atoms with Gasteiger partial charge in [0.1, 0.15) is 0 Å². The highest BCUT2D eigenvalue weighted by atomic mass is 35.5. The number of benzene rings is 1. The minimum Gasteiger partial charge on any atom is -0.339 e. The molecular weight excluding hydrogens is 346 g/mol. The second kappa shape index (κ2) is 7.44. The number of amides is 1. The molecule has 0 radical (unpaired) electrons. The van der Waals surface area contributed by atoms with Gasteiger partial charge in [-0.25, -0.2) is 4.68 Å². The molecule has 1 atom stereocenters. The molecule has 2 N–H and O–H groups in total. The van der Waals surface area contributed by atoms with Crippen molar-refractivity contribution in [2.24, 2.45) is 0 Å². The smallest absolute Gasteiger partial charge is 0.233 e. The van der Waals surface area contributed by atoms with E-state index in [-0.39, 0.29) is 5.91 Å². The third-order valence-corrected chi connectivity index (χ3v) is 5.48. The van der Waals surface area contributed by atoms with Crippen molar-refractivity contribution < 1.29 is 4.79 Å². The quantitative estimate of drug-likeness (QED) is 0.666. The van der Waals surface area contributed by atoms with Crippen LogP contribution in [-0.2, 0) is 4.79 Å². The Labute approximate surface area is 150 Å². The molecule has 1 aliphatic rings. The van der Waals surface area contributed by atoms with Crippen molar-refractivity contribution in [2.75, 3.05) is 18.1 Å². The fraction of sp³-hybridized carbons (Fsp3) is 0.438. The summed E-state index contributed by atoms with van der Waals surface area (Å²) < 4.78 is 1.39. The second-order valence-electron chi connectivity index (χ2n) is 5.88. The highest BCUT2D eigenvalue weighted by Gasteiger charge is 2.24. The van der Waals surface area contributed by atoms with E-state index in [1.807, 2.05) is 23.1 Å². The molecule has 6 nitrogen and oxygen atoms in total. The molecule has 0 aliphatic carbocycles. The summed E-state index contributed by atoms with van der Waals surface area (Å²) in [6.07, 6.45) is 3.33. The Balaban J connectivity index is 1.69. The first-order chi connectivity index (χ1) is 11.6. The monoisotopic (exact) mass is 365 g/mol. The molecule has 1 aromatic heterocycles.